The molecule has 0 amide bonds. The van der Waals surface area contributed by atoms with Crippen molar-refractivity contribution in [1.82, 2.24) is 0 Å². The molecule has 0 unspecified atom stereocenters. The Bertz CT molecular complexity index is 1070. The van der Waals surface area contributed by atoms with E-state index < -0.39 is 0 Å². The lowest BCUT2D eigenvalue weighted by molar-refractivity contribution is 0.635. The highest BCUT2D eigenvalue weighted by Crippen LogP contribution is 2.38. The average molecular weight is 478 g/mol. The van der Waals surface area contributed by atoms with Gasteiger partial charge in [-0.15, -0.1) is 6.58 Å². The van der Waals surface area contributed by atoms with Crippen LogP contribution in [0.3, 0.4) is 0 Å². The Morgan fingerprint density at radius 2 is 1.75 bits per heavy atom. The molecule has 0 nitrogen and oxygen atoms in total. The van der Waals surface area contributed by atoms with E-state index in [4.69, 9.17) is 0 Å². The molecule has 0 bridgehead atoms. The first-order valence-corrected chi connectivity index (χ1v) is 10.7. The molecule has 0 aliphatic carbocycles. The molecule has 0 fully saturated rings. The van der Waals surface area contributed by atoms with E-state index >= 15 is 0 Å². The van der Waals surface area contributed by atoms with E-state index in [0.717, 1.165) is 12.0 Å². The van der Waals surface area contributed by atoms with Crippen LogP contribution >= 0.6 is 22.6 Å². The SMILES string of the molecule is C=CCc1ccc(-c2ccc(I)c3ccccc23)cc1C(C)(C)C(=C)/C=C\C. The molecule has 3 aromatic rings. The van der Waals surface area contributed by atoms with Gasteiger partial charge < -0.3 is 0 Å². The van der Waals surface area contributed by atoms with Gasteiger partial charge in [0.15, 0.2) is 0 Å². The first kappa shape index (κ1) is 20.6. The molecular formula is C27H27I. The molecule has 28 heavy (non-hydrogen) atoms. The van der Waals surface area contributed by atoms with E-state index in [1.54, 1.807) is 0 Å². The maximum absolute atomic E-state index is 4.34. The molecule has 0 aliphatic rings. The van der Waals surface area contributed by atoms with Crippen LogP contribution in [0.4, 0.5) is 0 Å². The summed E-state index contributed by atoms with van der Waals surface area (Å²) >= 11 is 2.42. The topological polar surface area (TPSA) is 0 Å². The van der Waals surface area contributed by atoms with Crippen molar-refractivity contribution < 1.29 is 0 Å². The maximum Gasteiger partial charge on any atom is 0.0209 e. The van der Waals surface area contributed by atoms with Crippen molar-refractivity contribution >= 4 is 33.4 Å². The van der Waals surface area contributed by atoms with E-state index in [1.807, 2.05) is 13.0 Å². The van der Waals surface area contributed by atoms with Gasteiger partial charge in [-0.05, 0) is 86.7 Å². The second-order valence-electron chi connectivity index (χ2n) is 7.66. The molecule has 3 rings (SSSR count). The Labute approximate surface area is 182 Å². The zero-order valence-electron chi connectivity index (χ0n) is 16.9. The summed E-state index contributed by atoms with van der Waals surface area (Å²) in [5.41, 5.74) is 6.11. The van der Waals surface area contributed by atoms with Gasteiger partial charge in [-0.2, -0.15) is 0 Å². The Hall–Kier alpha value is -2.13. The number of benzene rings is 3. The van der Waals surface area contributed by atoms with Crippen LogP contribution in [0.15, 0.2) is 91.6 Å². The summed E-state index contributed by atoms with van der Waals surface area (Å²) in [6.45, 7) is 14.9. The Kier molecular flexibility index (Phi) is 6.24. The van der Waals surface area contributed by atoms with Crippen LogP contribution in [-0.4, -0.2) is 0 Å². The first-order chi connectivity index (χ1) is 13.4. The largest absolute Gasteiger partial charge is 0.103 e. The third-order valence-corrected chi connectivity index (χ3v) is 6.44. The highest BCUT2D eigenvalue weighted by atomic mass is 127. The fraction of sp³-hybridized carbons (Fsp3) is 0.185. The van der Waals surface area contributed by atoms with Crippen LogP contribution in [0.1, 0.15) is 31.9 Å². The summed E-state index contributed by atoms with van der Waals surface area (Å²) in [5.74, 6) is 0. The standard InChI is InChI=1S/C27H27I/c1-6-10-19(3)27(4,5)25-18-21(15-14-20(25)11-7-2)22-16-17-26(28)24-13-9-8-12-23(22)24/h6-10,12-18H,2-3,11H2,1,4-5H3/b10-6-. The first-order valence-electron chi connectivity index (χ1n) is 9.64. The molecule has 0 radical (unpaired) electrons. The van der Waals surface area contributed by atoms with E-state index in [9.17, 15) is 0 Å². The van der Waals surface area contributed by atoms with Crippen molar-refractivity contribution in [1.29, 1.82) is 0 Å². The van der Waals surface area contributed by atoms with E-state index in [2.05, 4.69) is 116 Å². The quantitative estimate of drug-likeness (QED) is 0.190. The van der Waals surface area contributed by atoms with Crippen LogP contribution in [0.2, 0.25) is 0 Å². The molecule has 1 heteroatoms. The van der Waals surface area contributed by atoms with Crippen LogP contribution < -0.4 is 0 Å². The van der Waals surface area contributed by atoms with Crippen molar-refractivity contribution in [2.75, 3.05) is 0 Å². The minimum absolute atomic E-state index is 0.153. The molecule has 0 saturated heterocycles. The van der Waals surface area contributed by atoms with Crippen LogP contribution in [0.5, 0.6) is 0 Å². The molecule has 142 valence electrons. The molecule has 0 aliphatic heterocycles. The van der Waals surface area contributed by atoms with Gasteiger partial charge in [0.25, 0.3) is 0 Å². The third-order valence-electron chi connectivity index (χ3n) is 5.50. The summed E-state index contributed by atoms with van der Waals surface area (Å²) in [6.07, 6.45) is 7.02. The third kappa shape index (κ3) is 3.86. The van der Waals surface area contributed by atoms with Crippen molar-refractivity contribution in [3.05, 3.63) is 106 Å². The minimum Gasteiger partial charge on any atom is -0.103 e. The fourth-order valence-corrected chi connectivity index (χ4v) is 4.41. The molecular weight excluding hydrogens is 451 g/mol. The van der Waals surface area contributed by atoms with Gasteiger partial charge in [-0.1, -0.05) is 81.1 Å². The highest BCUT2D eigenvalue weighted by molar-refractivity contribution is 14.1. The van der Waals surface area contributed by atoms with Crippen LogP contribution in [0, 0.1) is 3.57 Å². The monoisotopic (exact) mass is 478 g/mol. The van der Waals surface area contributed by atoms with Gasteiger partial charge in [0.1, 0.15) is 0 Å². The maximum atomic E-state index is 4.34. The highest BCUT2D eigenvalue weighted by Gasteiger charge is 2.26. The van der Waals surface area contributed by atoms with Crippen molar-refractivity contribution in [3.8, 4) is 11.1 Å². The lowest BCUT2D eigenvalue weighted by atomic mass is 9.74. The molecule has 0 N–H and O–H groups in total. The average Bonchev–Trinajstić information content (AvgIpc) is 2.69. The van der Waals surface area contributed by atoms with Gasteiger partial charge in [-0.25, -0.2) is 0 Å². The predicted molar refractivity (Wildman–Crippen MR) is 133 cm³/mol. The van der Waals surface area contributed by atoms with E-state index in [0.29, 0.717) is 0 Å². The van der Waals surface area contributed by atoms with E-state index in [-0.39, 0.29) is 5.41 Å². The van der Waals surface area contributed by atoms with Crippen molar-refractivity contribution in [2.45, 2.75) is 32.6 Å². The summed E-state index contributed by atoms with van der Waals surface area (Å²) in [6, 6.07) is 19.9. The Balaban J connectivity index is 2.24. The number of rotatable bonds is 6. The number of fused-ring (bicyclic) bond motifs is 1. The van der Waals surface area contributed by atoms with Crippen molar-refractivity contribution in [3.63, 3.8) is 0 Å². The summed E-state index contributed by atoms with van der Waals surface area (Å²) in [7, 11) is 0. The van der Waals surface area contributed by atoms with Gasteiger partial charge in [0.2, 0.25) is 0 Å². The number of hydrogen-bond donors (Lipinski definition) is 0. The molecule has 0 heterocycles. The summed E-state index contributed by atoms with van der Waals surface area (Å²) in [4.78, 5) is 0. The number of allylic oxidation sites excluding steroid dienone is 4. The molecule has 3 aromatic carbocycles. The van der Waals surface area contributed by atoms with Crippen LogP contribution in [-0.2, 0) is 11.8 Å². The van der Waals surface area contributed by atoms with Crippen LogP contribution in [0.25, 0.3) is 21.9 Å². The molecule has 0 aromatic heterocycles. The van der Waals surface area contributed by atoms with Crippen molar-refractivity contribution in [2.24, 2.45) is 0 Å². The normalized spacial score (nSPS) is 11.9. The lowest BCUT2D eigenvalue weighted by Crippen LogP contribution is -2.21. The molecule has 0 spiro atoms. The zero-order chi connectivity index (χ0) is 20.3. The summed E-state index contributed by atoms with van der Waals surface area (Å²) < 4.78 is 1.28. The molecule has 0 atom stereocenters. The van der Waals surface area contributed by atoms with E-state index in [1.165, 1.54) is 36.6 Å². The predicted octanol–water partition coefficient (Wildman–Crippen LogP) is 8.25. The zero-order valence-corrected chi connectivity index (χ0v) is 19.1. The Morgan fingerprint density at radius 1 is 1.04 bits per heavy atom. The van der Waals surface area contributed by atoms with Gasteiger partial charge >= 0.3 is 0 Å². The summed E-state index contributed by atoms with van der Waals surface area (Å²) in [5, 5.41) is 2.59. The Morgan fingerprint density at radius 3 is 2.43 bits per heavy atom. The lowest BCUT2D eigenvalue weighted by Gasteiger charge is -2.29. The van der Waals surface area contributed by atoms with Gasteiger partial charge in [0.05, 0.1) is 0 Å². The number of hydrogen-bond acceptors (Lipinski definition) is 0. The second-order valence-corrected chi connectivity index (χ2v) is 8.82. The fourth-order valence-electron chi connectivity index (χ4n) is 3.76. The molecule has 0 saturated carbocycles. The number of halogens is 1. The smallest absolute Gasteiger partial charge is 0.0209 e. The van der Waals surface area contributed by atoms with Gasteiger partial charge in [0, 0.05) is 8.99 Å². The second kappa shape index (κ2) is 8.48. The van der Waals surface area contributed by atoms with Gasteiger partial charge in [-0.3, -0.25) is 0 Å². The minimum atomic E-state index is -0.153.